The van der Waals surface area contributed by atoms with E-state index in [9.17, 15) is 0 Å². The summed E-state index contributed by atoms with van der Waals surface area (Å²) in [5.74, 6) is 1.19. The maximum Gasteiger partial charge on any atom is 0.0409 e. The first-order valence-electron chi connectivity index (χ1n) is 5.89. The molecule has 0 aromatic heterocycles. The third-order valence-corrected chi connectivity index (χ3v) is 3.88. The van der Waals surface area contributed by atoms with Crippen LogP contribution in [0.2, 0.25) is 5.02 Å². The molecule has 0 aliphatic carbocycles. The van der Waals surface area contributed by atoms with Crippen LogP contribution in [0, 0.1) is 0 Å². The van der Waals surface area contributed by atoms with Crippen molar-refractivity contribution >= 4 is 23.4 Å². The minimum atomic E-state index is 0.683. The average Bonchev–Trinajstić information content (AvgIpc) is 2.27. The molecule has 3 heteroatoms. The molecule has 0 saturated heterocycles. The molecule has 1 aromatic rings. The van der Waals surface area contributed by atoms with Crippen molar-refractivity contribution in [3.8, 4) is 0 Å². The summed E-state index contributed by atoms with van der Waals surface area (Å²) in [5, 5.41) is 0.807. The zero-order valence-electron chi connectivity index (χ0n) is 9.84. The number of unbranched alkanes of at least 4 members (excludes halogenated alkanes) is 2. The fraction of sp³-hybridized carbons (Fsp3) is 0.538. The van der Waals surface area contributed by atoms with E-state index in [-0.39, 0.29) is 0 Å². The largest absolute Gasteiger partial charge is 0.330 e. The Morgan fingerprint density at radius 2 is 2.12 bits per heavy atom. The van der Waals surface area contributed by atoms with Gasteiger partial charge in [0.1, 0.15) is 0 Å². The maximum atomic E-state index is 5.99. The van der Waals surface area contributed by atoms with Gasteiger partial charge in [0.2, 0.25) is 0 Å². The second-order valence-corrected chi connectivity index (χ2v) is 5.42. The van der Waals surface area contributed by atoms with E-state index in [0.717, 1.165) is 11.4 Å². The van der Waals surface area contributed by atoms with E-state index in [1.165, 1.54) is 35.5 Å². The van der Waals surface area contributed by atoms with Gasteiger partial charge in [0, 0.05) is 9.92 Å². The lowest BCUT2D eigenvalue weighted by molar-refractivity contribution is 0.778. The van der Waals surface area contributed by atoms with Crippen LogP contribution >= 0.6 is 23.4 Å². The van der Waals surface area contributed by atoms with Crippen molar-refractivity contribution in [1.82, 2.24) is 0 Å². The second kappa shape index (κ2) is 7.99. The fourth-order valence-electron chi connectivity index (χ4n) is 1.57. The summed E-state index contributed by atoms with van der Waals surface area (Å²) >= 11 is 7.91. The number of hydrogen-bond acceptors (Lipinski definition) is 2. The summed E-state index contributed by atoms with van der Waals surface area (Å²) in [7, 11) is 0. The van der Waals surface area contributed by atoms with Gasteiger partial charge in [0.05, 0.1) is 0 Å². The molecule has 0 heterocycles. The van der Waals surface area contributed by atoms with Crippen molar-refractivity contribution in [3.05, 3.63) is 28.8 Å². The van der Waals surface area contributed by atoms with Crippen LogP contribution in [0.15, 0.2) is 23.1 Å². The SMILES string of the molecule is CCCCCSc1ccc(Cl)cc1CCN. The molecule has 0 radical (unpaired) electrons. The predicted molar refractivity (Wildman–Crippen MR) is 74.5 cm³/mol. The van der Waals surface area contributed by atoms with Crippen LogP contribution < -0.4 is 5.73 Å². The molecule has 0 saturated carbocycles. The molecule has 0 amide bonds. The molecule has 90 valence electrons. The molecule has 16 heavy (non-hydrogen) atoms. The molecule has 2 N–H and O–H groups in total. The minimum Gasteiger partial charge on any atom is -0.330 e. The molecule has 0 bridgehead atoms. The molecule has 1 nitrogen and oxygen atoms in total. The van der Waals surface area contributed by atoms with Crippen LogP contribution in [0.4, 0.5) is 0 Å². The Kier molecular flexibility index (Phi) is 6.93. The monoisotopic (exact) mass is 257 g/mol. The van der Waals surface area contributed by atoms with E-state index in [2.05, 4.69) is 13.0 Å². The number of rotatable bonds is 7. The Balaban J connectivity index is 2.56. The molecular weight excluding hydrogens is 238 g/mol. The zero-order valence-corrected chi connectivity index (χ0v) is 11.4. The van der Waals surface area contributed by atoms with Crippen molar-refractivity contribution in [2.24, 2.45) is 5.73 Å². The molecule has 0 aliphatic rings. The average molecular weight is 258 g/mol. The first-order chi connectivity index (χ1) is 7.77. The molecule has 0 spiro atoms. The summed E-state index contributed by atoms with van der Waals surface area (Å²) < 4.78 is 0. The van der Waals surface area contributed by atoms with Crippen molar-refractivity contribution in [3.63, 3.8) is 0 Å². The number of benzene rings is 1. The van der Waals surface area contributed by atoms with Crippen molar-refractivity contribution in [2.75, 3.05) is 12.3 Å². The van der Waals surface area contributed by atoms with Crippen LogP contribution in [0.5, 0.6) is 0 Å². The Morgan fingerprint density at radius 3 is 2.81 bits per heavy atom. The third-order valence-electron chi connectivity index (χ3n) is 2.44. The lowest BCUT2D eigenvalue weighted by Gasteiger charge is -2.08. The summed E-state index contributed by atoms with van der Waals surface area (Å²) in [4.78, 5) is 1.34. The number of hydrogen-bond donors (Lipinski definition) is 1. The summed E-state index contributed by atoms with van der Waals surface area (Å²) in [6.07, 6.45) is 4.78. The Morgan fingerprint density at radius 1 is 1.31 bits per heavy atom. The van der Waals surface area contributed by atoms with Gasteiger partial charge in [-0.2, -0.15) is 0 Å². The second-order valence-electron chi connectivity index (χ2n) is 3.85. The van der Waals surface area contributed by atoms with Gasteiger partial charge >= 0.3 is 0 Å². The third kappa shape index (κ3) is 4.77. The number of nitrogens with two attached hydrogens (primary N) is 1. The van der Waals surface area contributed by atoms with Crippen LogP contribution in [0.1, 0.15) is 31.7 Å². The molecule has 1 aromatic carbocycles. The van der Waals surface area contributed by atoms with Gasteiger partial charge in [0.25, 0.3) is 0 Å². The van der Waals surface area contributed by atoms with E-state index in [1.54, 1.807) is 0 Å². The van der Waals surface area contributed by atoms with Crippen LogP contribution in [-0.2, 0) is 6.42 Å². The Labute approximate surface area is 108 Å². The van der Waals surface area contributed by atoms with Gasteiger partial charge in [-0.3, -0.25) is 0 Å². The Bertz CT molecular complexity index is 315. The van der Waals surface area contributed by atoms with Gasteiger partial charge in [-0.05, 0) is 48.9 Å². The van der Waals surface area contributed by atoms with Gasteiger partial charge in [0.15, 0.2) is 0 Å². The topological polar surface area (TPSA) is 26.0 Å². The smallest absolute Gasteiger partial charge is 0.0409 e. The molecule has 0 unspecified atom stereocenters. The highest BCUT2D eigenvalue weighted by Crippen LogP contribution is 2.27. The van der Waals surface area contributed by atoms with Crippen molar-refractivity contribution in [1.29, 1.82) is 0 Å². The Hall–Kier alpha value is -0.180. The molecule has 0 fully saturated rings. The highest BCUT2D eigenvalue weighted by Gasteiger charge is 2.03. The van der Waals surface area contributed by atoms with Gasteiger partial charge in [-0.15, -0.1) is 11.8 Å². The fourth-order valence-corrected chi connectivity index (χ4v) is 2.85. The zero-order chi connectivity index (χ0) is 11.8. The van der Waals surface area contributed by atoms with E-state index >= 15 is 0 Å². The number of thioether (sulfide) groups is 1. The lowest BCUT2D eigenvalue weighted by Crippen LogP contribution is -2.03. The quantitative estimate of drug-likeness (QED) is 0.587. The minimum absolute atomic E-state index is 0.683. The maximum absolute atomic E-state index is 5.99. The lowest BCUT2D eigenvalue weighted by atomic mass is 10.1. The van der Waals surface area contributed by atoms with Crippen molar-refractivity contribution in [2.45, 2.75) is 37.5 Å². The molecule has 0 aliphatic heterocycles. The summed E-state index contributed by atoms with van der Waals surface area (Å²) in [6, 6.07) is 6.12. The van der Waals surface area contributed by atoms with E-state index in [0.29, 0.717) is 6.54 Å². The first-order valence-corrected chi connectivity index (χ1v) is 7.25. The van der Waals surface area contributed by atoms with Gasteiger partial charge in [-0.25, -0.2) is 0 Å². The molecular formula is C13H20ClNS. The van der Waals surface area contributed by atoms with E-state index in [4.69, 9.17) is 17.3 Å². The summed E-state index contributed by atoms with van der Waals surface area (Å²) in [6.45, 7) is 2.91. The molecule has 0 atom stereocenters. The number of halogens is 1. The standard InChI is InChI=1S/C13H20ClNS/c1-2-3-4-9-16-13-6-5-12(14)10-11(13)7-8-15/h5-6,10H,2-4,7-9,15H2,1H3. The first kappa shape index (κ1) is 13.9. The normalized spacial score (nSPS) is 10.7. The highest BCUT2D eigenvalue weighted by molar-refractivity contribution is 7.99. The molecule has 1 rings (SSSR count). The highest BCUT2D eigenvalue weighted by atomic mass is 35.5. The van der Waals surface area contributed by atoms with Crippen LogP contribution in [0.25, 0.3) is 0 Å². The summed E-state index contributed by atoms with van der Waals surface area (Å²) in [5.41, 5.74) is 6.89. The van der Waals surface area contributed by atoms with Crippen LogP contribution in [-0.4, -0.2) is 12.3 Å². The van der Waals surface area contributed by atoms with E-state index in [1.807, 2.05) is 23.9 Å². The van der Waals surface area contributed by atoms with E-state index < -0.39 is 0 Å². The van der Waals surface area contributed by atoms with Crippen molar-refractivity contribution < 1.29 is 0 Å². The van der Waals surface area contributed by atoms with Gasteiger partial charge < -0.3 is 5.73 Å². The van der Waals surface area contributed by atoms with Crippen LogP contribution in [0.3, 0.4) is 0 Å². The van der Waals surface area contributed by atoms with Gasteiger partial charge in [-0.1, -0.05) is 31.4 Å². The predicted octanol–water partition coefficient (Wildman–Crippen LogP) is 4.12.